The van der Waals surface area contributed by atoms with Crippen molar-refractivity contribution in [3.63, 3.8) is 0 Å². The number of amides is 2. The van der Waals surface area contributed by atoms with Crippen molar-refractivity contribution in [3.05, 3.63) is 59.7 Å². The third kappa shape index (κ3) is 4.29. The van der Waals surface area contributed by atoms with Gasteiger partial charge < -0.3 is 15.1 Å². The number of carbonyl (C=O) groups is 1. The molecule has 2 aromatic rings. The van der Waals surface area contributed by atoms with E-state index in [-0.39, 0.29) is 37.6 Å². The number of hydrogen-bond donors (Lipinski definition) is 1. The molecule has 2 aromatic carbocycles. The first-order valence-electron chi connectivity index (χ1n) is 8.18. The molecule has 1 heterocycles. The summed E-state index contributed by atoms with van der Waals surface area (Å²) >= 11 is 0. The summed E-state index contributed by atoms with van der Waals surface area (Å²) in [6.07, 6.45) is -4.46. The van der Waals surface area contributed by atoms with E-state index < -0.39 is 29.4 Å². The largest absolute Gasteiger partial charge is 0.418 e. The maximum Gasteiger partial charge on any atom is 0.418 e. The Hall–Kier alpha value is -2.84. The molecule has 4 nitrogen and oxygen atoms in total. The number of para-hydroxylation sites is 1. The molecule has 1 aliphatic rings. The van der Waals surface area contributed by atoms with Crippen molar-refractivity contribution in [2.75, 3.05) is 36.4 Å². The Bertz CT molecular complexity index is 832. The lowest BCUT2D eigenvalue weighted by molar-refractivity contribution is -0.137. The van der Waals surface area contributed by atoms with Crippen molar-refractivity contribution in [3.8, 4) is 0 Å². The zero-order chi connectivity index (χ0) is 19.6. The molecule has 0 aliphatic carbocycles. The van der Waals surface area contributed by atoms with Crippen LogP contribution in [0.4, 0.5) is 38.1 Å². The number of halogens is 5. The lowest BCUT2D eigenvalue weighted by atomic mass is 10.1. The number of anilines is 2. The highest BCUT2D eigenvalue weighted by atomic mass is 19.4. The first-order chi connectivity index (χ1) is 12.8. The first-order valence-corrected chi connectivity index (χ1v) is 8.18. The second kappa shape index (κ2) is 7.42. The highest BCUT2D eigenvalue weighted by Gasteiger charge is 2.35. The Kier molecular flexibility index (Phi) is 5.20. The molecule has 0 bridgehead atoms. The van der Waals surface area contributed by atoms with Crippen LogP contribution in [0.15, 0.2) is 42.5 Å². The number of nitrogens with zero attached hydrogens (tertiary/aromatic N) is 2. The van der Waals surface area contributed by atoms with E-state index in [4.69, 9.17) is 0 Å². The Morgan fingerprint density at radius 3 is 2.22 bits per heavy atom. The average Bonchev–Trinajstić information content (AvgIpc) is 2.64. The number of carbonyl (C=O) groups excluding carboxylic acids is 1. The fourth-order valence-electron chi connectivity index (χ4n) is 2.92. The summed E-state index contributed by atoms with van der Waals surface area (Å²) in [5.74, 6) is -2.11. The first kappa shape index (κ1) is 18.9. The number of hydrogen-bond acceptors (Lipinski definition) is 2. The molecule has 0 saturated carbocycles. The van der Waals surface area contributed by atoms with E-state index in [2.05, 4.69) is 5.32 Å². The molecule has 1 N–H and O–H groups in total. The summed E-state index contributed by atoms with van der Waals surface area (Å²) in [7, 11) is 0. The molecular formula is C18H16F5N3O. The Balaban J connectivity index is 1.64. The fraction of sp³-hybridized carbons (Fsp3) is 0.278. The molecule has 144 valence electrons. The van der Waals surface area contributed by atoms with E-state index in [0.717, 1.165) is 18.2 Å². The van der Waals surface area contributed by atoms with Crippen molar-refractivity contribution in [1.29, 1.82) is 0 Å². The van der Waals surface area contributed by atoms with Gasteiger partial charge in [-0.25, -0.2) is 13.6 Å². The van der Waals surface area contributed by atoms with Crippen LogP contribution in [0.25, 0.3) is 0 Å². The van der Waals surface area contributed by atoms with Crippen LogP contribution < -0.4 is 10.2 Å². The summed E-state index contributed by atoms with van der Waals surface area (Å²) < 4.78 is 65.6. The SMILES string of the molecule is O=C(Nc1ccc(F)c(F)c1)N1CCN(c2ccccc2C(F)(F)F)CC1. The minimum absolute atomic E-state index is 0.0747. The second-order valence-corrected chi connectivity index (χ2v) is 6.05. The number of alkyl halides is 3. The lowest BCUT2D eigenvalue weighted by Crippen LogP contribution is -2.50. The minimum atomic E-state index is -4.46. The molecular weight excluding hydrogens is 369 g/mol. The topological polar surface area (TPSA) is 35.6 Å². The van der Waals surface area contributed by atoms with Crippen molar-refractivity contribution in [2.45, 2.75) is 6.18 Å². The molecule has 3 rings (SSSR count). The van der Waals surface area contributed by atoms with Gasteiger partial charge in [0.2, 0.25) is 0 Å². The Morgan fingerprint density at radius 1 is 0.926 bits per heavy atom. The van der Waals surface area contributed by atoms with Crippen LogP contribution in [-0.4, -0.2) is 37.1 Å². The highest BCUT2D eigenvalue weighted by molar-refractivity contribution is 5.89. The van der Waals surface area contributed by atoms with Crippen LogP contribution in [0.2, 0.25) is 0 Å². The van der Waals surface area contributed by atoms with Gasteiger partial charge in [-0.15, -0.1) is 0 Å². The van der Waals surface area contributed by atoms with Crippen LogP contribution in [0.5, 0.6) is 0 Å². The zero-order valence-corrected chi connectivity index (χ0v) is 14.1. The standard InChI is InChI=1S/C18H16F5N3O/c19-14-6-5-12(11-15(14)20)24-17(27)26-9-7-25(8-10-26)16-4-2-1-3-13(16)18(21,22)23/h1-6,11H,7-10H2,(H,24,27). The molecule has 0 radical (unpaired) electrons. The van der Waals surface area contributed by atoms with E-state index in [1.165, 1.54) is 29.2 Å². The van der Waals surface area contributed by atoms with E-state index in [0.29, 0.717) is 0 Å². The van der Waals surface area contributed by atoms with Gasteiger partial charge in [0.15, 0.2) is 11.6 Å². The molecule has 27 heavy (non-hydrogen) atoms. The molecule has 0 atom stereocenters. The maximum atomic E-state index is 13.2. The predicted octanol–water partition coefficient (Wildman–Crippen LogP) is 4.34. The van der Waals surface area contributed by atoms with E-state index in [1.54, 1.807) is 4.90 Å². The summed E-state index contributed by atoms with van der Waals surface area (Å²) in [4.78, 5) is 15.2. The molecule has 0 spiro atoms. The Morgan fingerprint density at radius 2 is 1.59 bits per heavy atom. The smallest absolute Gasteiger partial charge is 0.367 e. The summed E-state index contributed by atoms with van der Waals surface area (Å²) in [6, 6.07) is 7.76. The number of piperazine rings is 1. The fourth-order valence-corrected chi connectivity index (χ4v) is 2.92. The molecule has 1 fully saturated rings. The van der Waals surface area contributed by atoms with E-state index in [1.807, 2.05) is 0 Å². The summed E-state index contributed by atoms with van der Waals surface area (Å²) in [6.45, 7) is 0.833. The maximum absolute atomic E-state index is 13.2. The van der Waals surface area contributed by atoms with Crippen LogP contribution in [-0.2, 0) is 6.18 Å². The lowest BCUT2D eigenvalue weighted by Gasteiger charge is -2.37. The molecule has 0 unspecified atom stereocenters. The van der Waals surface area contributed by atoms with Crippen LogP contribution in [0, 0.1) is 11.6 Å². The number of rotatable bonds is 2. The highest BCUT2D eigenvalue weighted by Crippen LogP contribution is 2.36. The van der Waals surface area contributed by atoms with Gasteiger partial charge in [0.25, 0.3) is 0 Å². The van der Waals surface area contributed by atoms with Crippen LogP contribution in [0.3, 0.4) is 0 Å². The van der Waals surface area contributed by atoms with Gasteiger partial charge in [0.1, 0.15) is 0 Å². The van der Waals surface area contributed by atoms with Gasteiger partial charge in [-0.05, 0) is 24.3 Å². The molecule has 9 heteroatoms. The van der Waals surface area contributed by atoms with Gasteiger partial charge in [0, 0.05) is 43.6 Å². The monoisotopic (exact) mass is 385 g/mol. The number of benzene rings is 2. The second-order valence-electron chi connectivity index (χ2n) is 6.05. The quantitative estimate of drug-likeness (QED) is 0.781. The molecule has 1 aliphatic heterocycles. The van der Waals surface area contributed by atoms with Gasteiger partial charge in [-0.2, -0.15) is 13.2 Å². The van der Waals surface area contributed by atoms with Crippen molar-refractivity contribution >= 4 is 17.4 Å². The van der Waals surface area contributed by atoms with Gasteiger partial charge in [-0.3, -0.25) is 0 Å². The number of nitrogens with one attached hydrogen (secondary N) is 1. The van der Waals surface area contributed by atoms with Crippen molar-refractivity contribution < 1.29 is 26.7 Å². The summed E-state index contributed by atoms with van der Waals surface area (Å²) in [5, 5.41) is 2.45. The normalized spacial score (nSPS) is 15.0. The Labute approximate surface area is 152 Å². The van der Waals surface area contributed by atoms with Gasteiger partial charge >= 0.3 is 12.2 Å². The zero-order valence-electron chi connectivity index (χ0n) is 14.1. The molecule has 1 saturated heterocycles. The average molecular weight is 385 g/mol. The van der Waals surface area contributed by atoms with Gasteiger partial charge in [-0.1, -0.05) is 12.1 Å². The van der Waals surface area contributed by atoms with E-state index in [9.17, 15) is 26.7 Å². The van der Waals surface area contributed by atoms with Gasteiger partial charge in [0.05, 0.1) is 5.56 Å². The molecule has 0 aromatic heterocycles. The van der Waals surface area contributed by atoms with Crippen LogP contribution in [0.1, 0.15) is 5.56 Å². The predicted molar refractivity (Wildman–Crippen MR) is 90.6 cm³/mol. The van der Waals surface area contributed by atoms with E-state index >= 15 is 0 Å². The number of urea groups is 1. The van der Waals surface area contributed by atoms with Crippen LogP contribution >= 0.6 is 0 Å². The third-order valence-electron chi connectivity index (χ3n) is 4.29. The van der Waals surface area contributed by atoms with Crippen molar-refractivity contribution in [2.24, 2.45) is 0 Å². The minimum Gasteiger partial charge on any atom is -0.367 e. The van der Waals surface area contributed by atoms with Crippen molar-refractivity contribution in [1.82, 2.24) is 4.90 Å². The summed E-state index contributed by atoms with van der Waals surface area (Å²) in [5.41, 5.74) is -0.543. The molecule has 2 amide bonds. The third-order valence-corrected chi connectivity index (χ3v) is 4.29.